The number of hydrogen-bond acceptors (Lipinski definition) is 3. The maximum Gasteiger partial charge on any atom is 0.129 e. The van der Waals surface area contributed by atoms with E-state index in [1.54, 1.807) is 6.20 Å². The van der Waals surface area contributed by atoms with E-state index in [4.69, 9.17) is 0 Å². The van der Waals surface area contributed by atoms with Crippen LogP contribution >= 0.6 is 15.9 Å². The SMILES string of the molecule is Cc1cc(Br)cnc1NCC1(O)CCCC(C)C1. The Kier molecular flexibility index (Phi) is 4.28. The van der Waals surface area contributed by atoms with Crippen molar-refractivity contribution in [3.05, 3.63) is 22.3 Å². The normalized spacial score (nSPS) is 28.1. The van der Waals surface area contributed by atoms with E-state index in [0.29, 0.717) is 12.5 Å². The van der Waals surface area contributed by atoms with E-state index in [9.17, 15) is 5.11 Å². The van der Waals surface area contributed by atoms with Crippen LogP contribution in [0, 0.1) is 12.8 Å². The second kappa shape index (κ2) is 5.57. The van der Waals surface area contributed by atoms with Crippen molar-refractivity contribution >= 4 is 21.7 Å². The fraction of sp³-hybridized carbons (Fsp3) is 0.643. The van der Waals surface area contributed by atoms with Gasteiger partial charge in [-0.15, -0.1) is 0 Å². The number of aromatic nitrogens is 1. The summed E-state index contributed by atoms with van der Waals surface area (Å²) in [6.07, 6.45) is 5.91. The molecule has 0 radical (unpaired) electrons. The van der Waals surface area contributed by atoms with Gasteiger partial charge in [-0.3, -0.25) is 0 Å². The number of anilines is 1. The lowest BCUT2D eigenvalue weighted by molar-refractivity contribution is -0.000832. The molecule has 100 valence electrons. The van der Waals surface area contributed by atoms with Crippen molar-refractivity contribution < 1.29 is 5.11 Å². The number of nitrogens with zero attached hydrogens (tertiary/aromatic N) is 1. The molecule has 2 rings (SSSR count). The summed E-state index contributed by atoms with van der Waals surface area (Å²) in [5, 5.41) is 13.8. The molecule has 3 nitrogen and oxygen atoms in total. The molecule has 1 aliphatic rings. The second-order valence-electron chi connectivity index (χ2n) is 5.60. The van der Waals surface area contributed by atoms with Crippen molar-refractivity contribution in [3.63, 3.8) is 0 Å². The van der Waals surface area contributed by atoms with Crippen molar-refractivity contribution in [3.8, 4) is 0 Å². The van der Waals surface area contributed by atoms with Gasteiger partial charge in [0.25, 0.3) is 0 Å². The Balaban J connectivity index is 1.98. The zero-order valence-electron chi connectivity index (χ0n) is 11.0. The van der Waals surface area contributed by atoms with Gasteiger partial charge in [0.15, 0.2) is 0 Å². The molecule has 0 spiro atoms. The average molecular weight is 313 g/mol. The molecule has 2 atom stereocenters. The topological polar surface area (TPSA) is 45.2 Å². The summed E-state index contributed by atoms with van der Waals surface area (Å²) >= 11 is 3.40. The molecule has 1 fully saturated rings. The fourth-order valence-corrected chi connectivity index (χ4v) is 3.21. The zero-order valence-corrected chi connectivity index (χ0v) is 12.6. The van der Waals surface area contributed by atoms with Gasteiger partial charge >= 0.3 is 0 Å². The van der Waals surface area contributed by atoms with Gasteiger partial charge in [0.2, 0.25) is 0 Å². The molecular formula is C14H21BrN2O. The number of pyridine rings is 1. The Morgan fingerprint density at radius 3 is 3.06 bits per heavy atom. The van der Waals surface area contributed by atoms with E-state index in [1.165, 1.54) is 6.42 Å². The molecule has 0 amide bonds. The monoisotopic (exact) mass is 312 g/mol. The molecule has 18 heavy (non-hydrogen) atoms. The third kappa shape index (κ3) is 3.45. The first-order valence-corrected chi connectivity index (χ1v) is 7.36. The predicted octanol–water partition coefficient (Wildman–Crippen LogP) is 3.51. The Morgan fingerprint density at radius 2 is 2.39 bits per heavy atom. The minimum absolute atomic E-state index is 0.571. The van der Waals surface area contributed by atoms with Gasteiger partial charge in [-0.1, -0.05) is 19.8 Å². The lowest BCUT2D eigenvalue weighted by Crippen LogP contribution is -2.41. The number of aryl methyl sites for hydroxylation is 1. The molecule has 1 aliphatic carbocycles. The zero-order chi connectivity index (χ0) is 13.2. The first kappa shape index (κ1) is 13.8. The van der Waals surface area contributed by atoms with Crippen molar-refractivity contribution in [1.29, 1.82) is 0 Å². The fourth-order valence-electron chi connectivity index (χ4n) is 2.77. The van der Waals surface area contributed by atoms with E-state index in [0.717, 1.165) is 35.1 Å². The van der Waals surface area contributed by atoms with Crippen molar-refractivity contribution in [2.75, 3.05) is 11.9 Å². The molecule has 0 bridgehead atoms. The summed E-state index contributed by atoms with van der Waals surface area (Å²) in [6, 6.07) is 2.03. The number of aliphatic hydroxyl groups is 1. The third-order valence-electron chi connectivity index (χ3n) is 3.70. The van der Waals surface area contributed by atoms with Crippen molar-refractivity contribution in [2.45, 2.75) is 45.1 Å². The van der Waals surface area contributed by atoms with Crippen LogP contribution in [0.5, 0.6) is 0 Å². The first-order valence-electron chi connectivity index (χ1n) is 6.57. The lowest BCUT2D eigenvalue weighted by Gasteiger charge is -2.35. The smallest absolute Gasteiger partial charge is 0.129 e. The van der Waals surface area contributed by atoms with Crippen LogP contribution < -0.4 is 5.32 Å². The highest BCUT2D eigenvalue weighted by molar-refractivity contribution is 9.10. The standard InChI is InChI=1S/C14H21BrN2O/c1-10-4-3-5-14(18,7-10)9-17-13-11(2)6-12(15)8-16-13/h6,8,10,18H,3-5,7,9H2,1-2H3,(H,16,17). The summed E-state index contributed by atoms with van der Waals surface area (Å²) in [6.45, 7) is 4.83. The molecular weight excluding hydrogens is 292 g/mol. The van der Waals surface area contributed by atoms with E-state index < -0.39 is 5.60 Å². The minimum Gasteiger partial charge on any atom is -0.388 e. The summed E-state index contributed by atoms with van der Waals surface area (Å²) in [5.41, 5.74) is 0.524. The van der Waals surface area contributed by atoms with Gasteiger partial charge in [0, 0.05) is 17.2 Å². The maximum absolute atomic E-state index is 10.5. The molecule has 1 heterocycles. The van der Waals surface area contributed by atoms with Gasteiger partial charge in [-0.05, 0) is 53.2 Å². The summed E-state index contributed by atoms with van der Waals surface area (Å²) in [4.78, 5) is 4.34. The van der Waals surface area contributed by atoms with Gasteiger partial charge in [0.1, 0.15) is 5.82 Å². The molecule has 0 saturated heterocycles. The molecule has 0 aliphatic heterocycles. The minimum atomic E-state index is -0.571. The Bertz CT molecular complexity index is 424. The summed E-state index contributed by atoms with van der Waals surface area (Å²) < 4.78 is 0.982. The van der Waals surface area contributed by atoms with E-state index in [-0.39, 0.29) is 0 Å². The molecule has 1 aromatic rings. The Morgan fingerprint density at radius 1 is 1.61 bits per heavy atom. The molecule has 0 aromatic carbocycles. The highest BCUT2D eigenvalue weighted by Crippen LogP contribution is 2.32. The van der Waals surface area contributed by atoms with Gasteiger partial charge < -0.3 is 10.4 Å². The van der Waals surface area contributed by atoms with Crippen LogP contribution in [0.2, 0.25) is 0 Å². The highest BCUT2D eigenvalue weighted by atomic mass is 79.9. The van der Waals surface area contributed by atoms with Crippen LogP contribution in [-0.2, 0) is 0 Å². The van der Waals surface area contributed by atoms with Crippen LogP contribution in [0.25, 0.3) is 0 Å². The van der Waals surface area contributed by atoms with Crippen LogP contribution in [0.4, 0.5) is 5.82 Å². The largest absolute Gasteiger partial charge is 0.388 e. The quantitative estimate of drug-likeness (QED) is 0.897. The van der Waals surface area contributed by atoms with Crippen LogP contribution in [0.15, 0.2) is 16.7 Å². The number of nitrogens with one attached hydrogen (secondary N) is 1. The molecule has 2 N–H and O–H groups in total. The molecule has 1 saturated carbocycles. The van der Waals surface area contributed by atoms with E-state index in [1.807, 2.05) is 13.0 Å². The van der Waals surface area contributed by atoms with Crippen molar-refractivity contribution in [2.24, 2.45) is 5.92 Å². The van der Waals surface area contributed by atoms with E-state index >= 15 is 0 Å². The number of rotatable bonds is 3. The van der Waals surface area contributed by atoms with Crippen molar-refractivity contribution in [1.82, 2.24) is 4.98 Å². The van der Waals surface area contributed by atoms with Crippen LogP contribution in [0.1, 0.15) is 38.2 Å². The Labute approximate surface area is 117 Å². The number of hydrogen-bond donors (Lipinski definition) is 2. The van der Waals surface area contributed by atoms with E-state index in [2.05, 4.69) is 33.2 Å². The molecule has 1 aromatic heterocycles. The molecule has 2 unspecified atom stereocenters. The summed E-state index contributed by atoms with van der Waals surface area (Å²) in [7, 11) is 0. The molecule has 4 heteroatoms. The first-order chi connectivity index (χ1) is 8.48. The average Bonchev–Trinajstić information content (AvgIpc) is 2.27. The van der Waals surface area contributed by atoms with Gasteiger partial charge in [-0.2, -0.15) is 0 Å². The highest BCUT2D eigenvalue weighted by Gasteiger charge is 2.32. The van der Waals surface area contributed by atoms with Gasteiger partial charge in [0.05, 0.1) is 5.60 Å². The summed E-state index contributed by atoms with van der Waals surface area (Å²) in [5.74, 6) is 1.48. The predicted molar refractivity (Wildman–Crippen MR) is 77.7 cm³/mol. The Hall–Kier alpha value is -0.610. The third-order valence-corrected chi connectivity index (χ3v) is 4.13. The lowest BCUT2D eigenvalue weighted by atomic mass is 9.79. The van der Waals surface area contributed by atoms with Crippen LogP contribution in [-0.4, -0.2) is 22.2 Å². The maximum atomic E-state index is 10.5. The number of halogens is 1. The van der Waals surface area contributed by atoms with Gasteiger partial charge in [-0.25, -0.2) is 4.98 Å². The second-order valence-corrected chi connectivity index (χ2v) is 6.51. The van der Waals surface area contributed by atoms with Crippen LogP contribution in [0.3, 0.4) is 0 Å².